The zero-order valence-corrected chi connectivity index (χ0v) is 14.4. The SMILES string of the molecule is CN(C(=O)[C@@H]1CSCN1C(=O)[C@H]1CCC(=O)N1)C1CCCCC1. The maximum atomic E-state index is 12.9. The van der Waals surface area contributed by atoms with Crippen LogP contribution in [0.1, 0.15) is 44.9 Å². The summed E-state index contributed by atoms with van der Waals surface area (Å²) in [5.74, 6) is 1.08. The minimum atomic E-state index is -0.448. The Morgan fingerprint density at radius 2 is 1.96 bits per heavy atom. The van der Waals surface area contributed by atoms with Crippen molar-refractivity contribution in [2.24, 2.45) is 0 Å². The summed E-state index contributed by atoms with van der Waals surface area (Å²) in [6, 6.07) is -0.515. The van der Waals surface area contributed by atoms with Crippen LogP contribution in [0.2, 0.25) is 0 Å². The maximum absolute atomic E-state index is 12.9. The highest BCUT2D eigenvalue weighted by molar-refractivity contribution is 7.99. The molecule has 3 aliphatic rings. The van der Waals surface area contributed by atoms with Crippen molar-refractivity contribution in [1.82, 2.24) is 15.1 Å². The minimum absolute atomic E-state index is 0.0552. The molecule has 2 saturated heterocycles. The molecule has 3 rings (SSSR count). The van der Waals surface area contributed by atoms with E-state index < -0.39 is 6.04 Å². The first kappa shape index (κ1) is 16.6. The van der Waals surface area contributed by atoms with Gasteiger partial charge in [-0.15, -0.1) is 11.8 Å². The summed E-state index contributed by atoms with van der Waals surface area (Å²) < 4.78 is 0. The van der Waals surface area contributed by atoms with Crippen molar-refractivity contribution in [1.29, 1.82) is 0 Å². The summed E-state index contributed by atoms with van der Waals surface area (Å²) >= 11 is 1.62. The van der Waals surface area contributed by atoms with Gasteiger partial charge in [-0.3, -0.25) is 14.4 Å². The summed E-state index contributed by atoms with van der Waals surface area (Å²) in [7, 11) is 1.88. The molecule has 0 aromatic rings. The van der Waals surface area contributed by atoms with Crippen molar-refractivity contribution >= 4 is 29.5 Å². The van der Waals surface area contributed by atoms with Crippen LogP contribution in [0.15, 0.2) is 0 Å². The molecule has 2 atom stereocenters. The van der Waals surface area contributed by atoms with Gasteiger partial charge in [-0.25, -0.2) is 0 Å². The third-order valence-corrected chi connectivity index (χ3v) is 6.23. The van der Waals surface area contributed by atoms with Gasteiger partial charge in [0.1, 0.15) is 12.1 Å². The number of nitrogens with one attached hydrogen (secondary N) is 1. The predicted octanol–water partition coefficient (Wildman–Crippen LogP) is 0.958. The lowest BCUT2D eigenvalue weighted by molar-refractivity contribution is -0.145. The summed E-state index contributed by atoms with van der Waals surface area (Å²) in [6.45, 7) is 0. The van der Waals surface area contributed by atoms with Crippen LogP contribution in [0.3, 0.4) is 0 Å². The van der Waals surface area contributed by atoms with Gasteiger partial charge in [0.05, 0.1) is 5.88 Å². The molecule has 0 aromatic carbocycles. The molecule has 23 heavy (non-hydrogen) atoms. The highest BCUT2D eigenvalue weighted by atomic mass is 32.2. The zero-order valence-electron chi connectivity index (χ0n) is 13.6. The molecule has 3 amide bonds. The molecule has 0 spiro atoms. The van der Waals surface area contributed by atoms with Crippen molar-refractivity contribution in [2.75, 3.05) is 18.7 Å². The quantitative estimate of drug-likeness (QED) is 0.831. The van der Waals surface area contributed by atoms with E-state index in [1.165, 1.54) is 19.3 Å². The molecule has 0 radical (unpaired) electrons. The predicted molar refractivity (Wildman–Crippen MR) is 88.8 cm³/mol. The lowest BCUT2D eigenvalue weighted by Crippen LogP contribution is -2.54. The molecule has 2 aliphatic heterocycles. The van der Waals surface area contributed by atoms with Crippen LogP contribution in [0.4, 0.5) is 0 Å². The molecule has 2 heterocycles. The molecule has 1 saturated carbocycles. The van der Waals surface area contributed by atoms with Crippen molar-refractivity contribution in [3.8, 4) is 0 Å². The van der Waals surface area contributed by atoms with Crippen molar-refractivity contribution < 1.29 is 14.4 Å². The Labute approximate surface area is 141 Å². The second kappa shape index (κ2) is 7.11. The number of amides is 3. The average molecular weight is 339 g/mol. The Bertz CT molecular complexity index is 493. The lowest BCUT2D eigenvalue weighted by Gasteiger charge is -2.35. The van der Waals surface area contributed by atoms with E-state index in [0.717, 1.165) is 12.8 Å². The Balaban J connectivity index is 1.64. The Kier molecular flexibility index (Phi) is 5.14. The topological polar surface area (TPSA) is 69.7 Å². The van der Waals surface area contributed by atoms with Crippen molar-refractivity contribution in [3.63, 3.8) is 0 Å². The molecule has 7 heteroatoms. The van der Waals surface area contributed by atoms with Gasteiger partial charge in [-0.2, -0.15) is 0 Å². The molecule has 0 bridgehead atoms. The fourth-order valence-corrected chi connectivity index (χ4v) is 4.90. The number of rotatable bonds is 3. The van der Waals surface area contributed by atoms with Crippen LogP contribution in [0.5, 0.6) is 0 Å². The van der Waals surface area contributed by atoms with E-state index in [1.807, 2.05) is 11.9 Å². The van der Waals surface area contributed by atoms with E-state index in [0.29, 0.717) is 30.5 Å². The van der Waals surface area contributed by atoms with Crippen LogP contribution in [0.25, 0.3) is 0 Å². The summed E-state index contributed by atoms with van der Waals surface area (Å²) in [4.78, 5) is 40.4. The van der Waals surface area contributed by atoms with Gasteiger partial charge < -0.3 is 15.1 Å². The van der Waals surface area contributed by atoms with E-state index in [9.17, 15) is 14.4 Å². The molecule has 3 fully saturated rings. The Morgan fingerprint density at radius 3 is 2.61 bits per heavy atom. The second-order valence-electron chi connectivity index (χ2n) is 6.72. The highest BCUT2D eigenvalue weighted by Gasteiger charge is 2.41. The van der Waals surface area contributed by atoms with E-state index in [-0.39, 0.29) is 23.8 Å². The second-order valence-corrected chi connectivity index (χ2v) is 7.72. The van der Waals surface area contributed by atoms with E-state index in [4.69, 9.17) is 0 Å². The average Bonchev–Trinajstić information content (AvgIpc) is 3.22. The number of hydrogen-bond donors (Lipinski definition) is 1. The highest BCUT2D eigenvalue weighted by Crippen LogP contribution is 2.27. The van der Waals surface area contributed by atoms with E-state index in [1.54, 1.807) is 16.7 Å². The van der Waals surface area contributed by atoms with Crippen LogP contribution in [-0.4, -0.2) is 64.3 Å². The molecule has 6 nitrogen and oxygen atoms in total. The summed E-state index contributed by atoms with van der Waals surface area (Å²) in [5.41, 5.74) is 0. The third-order valence-electron chi connectivity index (χ3n) is 5.21. The largest absolute Gasteiger partial charge is 0.344 e. The number of hydrogen-bond acceptors (Lipinski definition) is 4. The van der Waals surface area contributed by atoms with Crippen LogP contribution in [0, 0.1) is 0 Å². The van der Waals surface area contributed by atoms with Gasteiger partial charge in [0.25, 0.3) is 0 Å². The fourth-order valence-electron chi connectivity index (χ4n) is 3.75. The van der Waals surface area contributed by atoms with Crippen LogP contribution >= 0.6 is 11.8 Å². The molecule has 0 aromatic heterocycles. The molecule has 1 aliphatic carbocycles. The molecule has 0 unspecified atom stereocenters. The Morgan fingerprint density at radius 1 is 1.22 bits per heavy atom. The van der Waals surface area contributed by atoms with E-state index >= 15 is 0 Å². The monoisotopic (exact) mass is 339 g/mol. The standard InChI is InChI=1S/C16H25N3O3S/c1-18(11-5-3-2-4-6-11)16(22)13-9-23-10-19(13)15(21)12-7-8-14(20)17-12/h11-13H,2-10H2,1H3,(H,17,20)/t12-,13+/m1/s1. The molecule has 1 N–H and O–H groups in total. The summed E-state index contributed by atoms with van der Waals surface area (Å²) in [6.07, 6.45) is 6.68. The van der Waals surface area contributed by atoms with Crippen molar-refractivity contribution in [3.05, 3.63) is 0 Å². The van der Waals surface area contributed by atoms with Gasteiger partial charge >= 0.3 is 0 Å². The van der Waals surface area contributed by atoms with Gasteiger partial charge in [-0.1, -0.05) is 19.3 Å². The van der Waals surface area contributed by atoms with Gasteiger partial charge in [0.2, 0.25) is 17.7 Å². The van der Waals surface area contributed by atoms with Gasteiger partial charge in [0.15, 0.2) is 0 Å². The Hall–Kier alpha value is -1.24. The fraction of sp³-hybridized carbons (Fsp3) is 0.812. The van der Waals surface area contributed by atoms with Gasteiger partial charge in [0, 0.05) is 25.3 Å². The first-order valence-electron chi connectivity index (χ1n) is 8.52. The van der Waals surface area contributed by atoms with Gasteiger partial charge in [-0.05, 0) is 19.3 Å². The zero-order chi connectivity index (χ0) is 16.4. The van der Waals surface area contributed by atoms with Crippen molar-refractivity contribution in [2.45, 2.75) is 63.1 Å². The number of likely N-dealkylation sites (N-methyl/N-ethyl adjacent to an activating group) is 1. The minimum Gasteiger partial charge on any atom is -0.344 e. The first-order valence-corrected chi connectivity index (χ1v) is 9.67. The first-order chi connectivity index (χ1) is 11.1. The number of nitrogens with zero attached hydrogens (tertiary/aromatic N) is 2. The van der Waals surface area contributed by atoms with E-state index in [2.05, 4.69) is 5.32 Å². The molecular weight excluding hydrogens is 314 g/mol. The lowest BCUT2D eigenvalue weighted by atomic mass is 9.94. The molecule has 128 valence electrons. The normalized spacial score (nSPS) is 28.7. The van der Waals surface area contributed by atoms with Crippen LogP contribution in [-0.2, 0) is 14.4 Å². The molecular formula is C16H25N3O3S. The summed E-state index contributed by atoms with van der Waals surface area (Å²) in [5, 5.41) is 2.72. The third kappa shape index (κ3) is 3.49. The maximum Gasteiger partial charge on any atom is 0.246 e. The number of thioether (sulfide) groups is 1. The smallest absolute Gasteiger partial charge is 0.246 e. The number of carbonyl (C=O) groups excluding carboxylic acids is 3. The van der Waals surface area contributed by atoms with Crippen LogP contribution < -0.4 is 5.32 Å². The number of carbonyl (C=O) groups is 3.